The van der Waals surface area contributed by atoms with Crippen LogP contribution >= 0.6 is 0 Å². The van der Waals surface area contributed by atoms with Crippen LogP contribution in [0.4, 0.5) is 0 Å². The molecule has 29 heavy (non-hydrogen) atoms. The molecule has 3 aromatic rings. The molecule has 0 unspecified atom stereocenters. The van der Waals surface area contributed by atoms with Crippen LogP contribution in [0.15, 0.2) is 28.9 Å². The van der Waals surface area contributed by atoms with E-state index in [0.717, 1.165) is 47.8 Å². The van der Waals surface area contributed by atoms with Crippen molar-refractivity contribution < 1.29 is 9.32 Å². The maximum Gasteiger partial charge on any atom is 0.220 e. The van der Waals surface area contributed by atoms with Gasteiger partial charge in [-0.05, 0) is 50.7 Å². The Bertz CT molecular complexity index is 965. The number of nitrogens with zero attached hydrogens (tertiary/aromatic N) is 4. The Balaban J connectivity index is 1.41. The van der Waals surface area contributed by atoms with Gasteiger partial charge < -0.3 is 9.84 Å². The molecule has 0 saturated heterocycles. The third kappa shape index (κ3) is 4.33. The first-order valence-corrected chi connectivity index (χ1v) is 10.5. The Labute approximate surface area is 170 Å². The Hall–Kier alpha value is -2.70. The SMILES string of the molecule is Cc1noc(C)c1CCC(=O)NCC1(Cc2nnc3ccccn23)CCCCC1. The average Bonchev–Trinajstić information content (AvgIpc) is 3.28. The molecule has 154 valence electrons. The smallest absolute Gasteiger partial charge is 0.220 e. The Morgan fingerprint density at radius 2 is 2.03 bits per heavy atom. The van der Waals surface area contributed by atoms with Gasteiger partial charge in [0.2, 0.25) is 5.91 Å². The van der Waals surface area contributed by atoms with Crippen LogP contribution in [-0.4, -0.2) is 32.2 Å². The molecule has 1 N–H and O–H groups in total. The molecular weight excluding hydrogens is 366 g/mol. The molecule has 1 aliphatic rings. The van der Waals surface area contributed by atoms with Crippen LogP contribution in [-0.2, 0) is 17.6 Å². The topological polar surface area (TPSA) is 85.3 Å². The molecular formula is C22H29N5O2. The van der Waals surface area contributed by atoms with Crippen LogP contribution in [0.25, 0.3) is 5.65 Å². The van der Waals surface area contributed by atoms with E-state index in [2.05, 4.69) is 25.1 Å². The molecule has 0 bridgehead atoms. The van der Waals surface area contributed by atoms with Gasteiger partial charge in [0, 0.05) is 31.1 Å². The molecule has 0 radical (unpaired) electrons. The summed E-state index contributed by atoms with van der Waals surface area (Å²) in [6.45, 7) is 4.51. The van der Waals surface area contributed by atoms with E-state index in [1.54, 1.807) is 0 Å². The molecule has 1 aliphatic carbocycles. The number of hydrogen-bond donors (Lipinski definition) is 1. The number of aromatic nitrogens is 4. The quantitative estimate of drug-likeness (QED) is 0.661. The fraction of sp³-hybridized carbons (Fsp3) is 0.545. The molecule has 0 aliphatic heterocycles. The van der Waals surface area contributed by atoms with Crippen molar-refractivity contribution >= 4 is 11.6 Å². The highest BCUT2D eigenvalue weighted by molar-refractivity contribution is 5.76. The minimum absolute atomic E-state index is 0.0513. The summed E-state index contributed by atoms with van der Waals surface area (Å²) in [5.74, 6) is 1.87. The first-order chi connectivity index (χ1) is 14.1. The lowest BCUT2D eigenvalue weighted by molar-refractivity contribution is -0.121. The Morgan fingerprint density at radius 3 is 2.79 bits per heavy atom. The van der Waals surface area contributed by atoms with E-state index in [0.29, 0.717) is 19.4 Å². The lowest BCUT2D eigenvalue weighted by Gasteiger charge is -2.37. The fourth-order valence-electron chi connectivity index (χ4n) is 4.54. The number of carbonyl (C=O) groups is 1. The number of fused-ring (bicyclic) bond motifs is 1. The van der Waals surface area contributed by atoms with Crippen LogP contribution in [0.1, 0.15) is 61.4 Å². The van der Waals surface area contributed by atoms with Crippen LogP contribution in [0.2, 0.25) is 0 Å². The molecule has 0 atom stereocenters. The third-order valence-electron chi connectivity index (χ3n) is 6.28. The summed E-state index contributed by atoms with van der Waals surface area (Å²) in [6.07, 6.45) is 9.85. The Kier molecular flexibility index (Phi) is 5.65. The van der Waals surface area contributed by atoms with Crippen molar-refractivity contribution in [3.63, 3.8) is 0 Å². The van der Waals surface area contributed by atoms with Crippen molar-refractivity contribution in [2.45, 2.75) is 65.2 Å². The second-order valence-electron chi connectivity index (χ2n) is 8.36. The van der Waals surface area contributed by atoms with Gasteiger partial charge in [0.25, 0.3) is 0 Å². The molecule has 3 heterocycles. The normalized spacial score (nSPS) is 16.2. The number of pyridine rings is 1. The molecule has 0 spiro atoms. The van der Waals surface area contributed by atoms with E-state index in [9.17, 15) is 4.79 Å². The first kappa shape index (κ1) is 19.6. The van der Waals surface area contributed by atoms with Gasteiger partial charge in [0.1, 0.15) is 11.6 Å². The highest BCUT2D eigenvalue weighted by Gasteiger charge is 2.34. The largest absolute Gasteiger partial charge is 0.361 e. The fourth-order valence-corrected chi connectivity index (χ4v) is 4.54. The second kappa shape index (κ2) is 8.35. The molecule has 7 nitrogen and oxygen atoms in total. The van der Waals surface area contributed by atoms with Gasteiger partial charge in [-0.15, -0.1) is 10.2 Å². The van der Waals surface area contributed by atoms with Crippen molar-refractivity contribution in [2.24, 2.45) is 5.41 Å². The summed E-state index contributed by atoms with van der Waals surface area (Å²) in [4.78, 5) is 12.6. The van der Waals surface area contributed by atoms with Gasteiger partial charge in [-0.3, -0.25) is 9.20 Å². The van der Waals surface area contributed by atoms with E-state index in [1.165, 1.54) is 19.3 Å². The van der Waals surface area contributed by atoms with Crippen molar-refractivity contribution in [1.29, 1.82) is 0 Å². The minimum Gasteiger partial charge on any atom is -0.361 e. The monoisotopic (exact) mass is 395 g/mol. The molecule has 3 aromatic heterocycles. The highest BCUT2D eigenvalue weighted by Crippen LogP contribution is 2.38. The van der Waals surface area contributed by atoms with Gasteiger partial charge in [0.15, 0.2) is 5.65 Å². The van der Waals surface area contributed by atoms with Crippen molar-refractivity contribution in [1.82, 2.24) is 25.1 Å². The molecule has 1 saturated carbocycles. The summed E-state index contributed by atoms with van der Waals surface area (Å²) in [5, 5.41) is 15.9. The second-order valence-corrected chi connectivity index (χ2v) is 8.36. The van der Waals surface area contributed by atoms with E-state index >= 15 is 0 Å². The molecule has 1 fully saturated rings. The highest BCUT2D eigenvalue weighted by atomic mass is 16.5. The Morgan fingerprint density at radius 1 is 1.21 bits per heavy atom. The predicted octanol–water partition coefficient (Wildman–Crippen LogP) is 3.58. The zero-order valence-electron chi connectivity index (χ0n) is 17.3. The lowest BCUT2D eigenvalue weighted by atomic mass is 9.71. The number of hydrogen-bond acceptors (Lipinski definition) is 5. The molecule has 7 heteroatoms. The summed E-state index contributed by atoms with van der Waals surface area (Å²) in [6, 6.07) is 5.95. The van der Waals surface area contributed by atoms with E-state index in [-0.39, 0.29) is 11.3 Å². The zero-order valence-corrected chi connectivity index (χ0v) is 17.3. The summed E-state index contributed by atoms with van der Waals surface area (Å²) in [7, 11) is 0. The van der Waals surface area contributed by atoms with E-state index in [1.807, 2.05) is 38.2 Å². The average molecular weight is 396 g/mol. The van der Waals surface area contributed by atoms with Gasteiger partial charge >= 0.3 is 0 Å². The van der Waals surface area contributed by atoms with Gasteiger partial charge in [-0.2, -0.15) is 0 Å². The van der Waals surface area contributed by atoms with Gasteiger partial charge in [-0.1, -0.05) is 30.5 Å². The minimum atomic E-state index is 0.0513. The molecule has 4 rings (SSSR count). The standard InChI is InChI=1S/C22H29N5O2/c1-16-18(17(2)29-26-16)9-10-21(28)23-15-22(11-5-3-6-12-22)14-20-25-24-19-8-4-7-13-27(19)20/h4,7-8,13H,3,5-6,9-12,14-15H2,1-2H3,(H,23,28). The van der Waals surface area contributed by atoms with Crippen LogP contribution in [0.3, 0.4) is 0 Å². The predicted molar refractivity (Wildman–Crippen MR) is 110 cm³/mol. The van der Waals surface area contributed by atoms with Crippen LogP contribution in [0.5, 0.6) is 0 Å². The first-order valence-electron chi connectivity index (χ1n) is 10.5. The molecule has 0 aromatic carbocycles. The number of rotatable bonds is 7. The number of nitrogens with one attached hydrogen (secondary N) is 1. The number of aryl methyl sites for hydroxylation is 2. The number of carbonyl (C=O) groups excluding carboxylic acids is 1. The number of amides is 1. The maximum atomic E-state index is 12.6. The van der Waals surface area contributed by atoms with Crippen LogP contribution < -0.4 is 5.32 Å². The van der Waals surface area contributed by atoms with E-state index in [4.69, 9.17) is 4.52 Å². The summed E-state index contributed by atoms with van der Waals surface area (Å²) < 4.78 is 7.26. The van der Waals surface area contributed by atoms with Crippen molar-refractivity contribution in [2.75, 3.05) is 6.54 Å². The zero-order chi connectivity index (χ0) is 20.3. The molecule has 1 amide bonds. The maximum absolute atomic E-state index is 12.6. The summed E-state index contributed by atoms with van der Waals surface area (Å²) >= 11 is 0. The summed E-state index contributed by atoms with van der Waals surface area (Å²) in [5.41, 5.74) is 2.84. The van der Waals surface area contributed by atoms with Gasteiger partial charge in [0.05, 0.1) is 5.69 Å². The van der Waals surface area contributed by atoms with E-state index < -0.39 is 0 Å². The van der Waals surface area contributed by atoms with Crippen molar-refractivity contribution in [3.05, 3.63) is 47.2 Å². The third-order valence-corrected chi connectivity index (χ3v) is 6.28. The van der Waals surface area contributed by atoms with Crippen LogP contribution in [0, 0.1) is 19.3 Å². The van der Waals surface area contributed by atoms with Gasteiger partial charge in [-0.25, -0.2) is 0 Å². The lowest BCUT2D eigenvalue weighted by Crippen LogP contribution is -2.41. The van der Waals surface area contributed by atoms with Crippen molar-refractivity contribution in [3.8, 4) is 0 Å².